The van der Waals surface area contributed by atoms with Gasteiger partial charge in [0, 0.05) is 0 Å². The number of hydrogen-bond donors (Lipinski definition) is 0. The Morgan fingerprint density at radius 2 is 0.865 bits per heavy atom. The Morgan fingerprint density at radius 3 is 1.19 bits per heavy atom. The molecule has 8 heteroatoms. The van der Waals surface area contributed by atoms with E-state index in [9.17, 15) is 0 Å². The SMILES string of the molecule is C1CCC(OP2OCC3(CO2)COP(OC2CCCCC2)OC3)CC1.CC.CCCCCCCCCC. The molecule has 0 unspecified atom stereocenters. The first kappa shape index (κ1) is 33.8. The average Bonchev–Trinajstić information content (AvgIpc) is 2.96. The van der Waals surface area contributed by atoms with Gasteiger partial charge in [-0.25, -0.2) is 0 Å². The standard InChI is InChI=1S/C17H30O6P2.C10H22.C2H6/c1-3-7-15(8-4-1)22-24-18-11-17(12-19-24)13-20-25(21-14-17)23-16-9-5-2-6-10-16;1-3-5-7-9-10-8-6-4-2;1-2/h15-16H,1-14H2;3-10H2,1-2H3;1-2H3. The van der Waals surface area contributed by atoms with E-state index in [1.54, 1.807) is 0 Å². The summed E-state index contributed by atoms with van der Waals surface area (Å²) >= 11 is 0. The smallest absolute Gasteiger partial charge is 0.311 e. The van der Waals surface area contributed by atoms with Gasteiger partial charge in [0.1, 0.15) is 0 Å². The maximum absolute atomic E-state index is 6.01. The van der Waals surface area contributed by atoms with Crippen molar-refractivity contribution in [2.75, 3.05) is 26.4 Å². The fourth-order valence-electron chi connectivity index (χ4n) is 5.00. The molecular weight excluding hydrogens is 506 g/mol. The van der Waals surface area contributed by atoms with Crippen LogP contribution in [0.4, 0.5) is 0 Å². The van der Waals surface area contributed by atoms with Gasteiger partial charge in [-0.15, -0.1) is 0 Å². The largest absolute Gasteiger partial charge is 0.332 e. The van der Waals surface area contributed by atoms with Crippen LogP contribution < -0.4 is 0 Å². The molecule has 4 fully saturated rings. The first-order valence-corrected chi connectivity index (χ1v) is 17.9. The molecule has 0 bridgehead atoms. The van der Waals surface area contributed by atoms with E-state index in [4.69, 9.17) is 27.1 Å². The van der Waals surface area contributed by atoms with Crippen molar-refractivity contribution in [1.29, 1.82) is 0 Å². The zero-order valence-electron chi connectivity index (χ0n) is 24.6. The van der Waals surface area contributed by atoms with Gasteiger partial charge >= 0.3 is 17.2 Å². The van der Waals surface area contributed by atoms with Crippen molar-refractivity contribution in [1.82, 2.24) is 0 Å². The maximum Gasteiger partial charge on any atom is 0.332 e. The minimum absolute atomic E-state index is 0.205. The second-order valence-electron chi connectivity index (χ2n) is 10.9. The molecule has 2 aliphatic heterocycles. The second kappa shape index (κ2) is 21.4. The third-order valence-electron chi connectivity index (χ3n) is 7.44. The van der Waals surface area contributed by atoms with Crippen LogP contribution in [0.25, 0.3) is 0 Å². The van der Waals surface area contributed by atoms with E-state index in [0.717, 1.165) is 25.7 Å². The molecule has 1 spiro atoms. The molecule has 0 aromatic rings. The van der Waals surface area contributed by atoms with Gasteiger partial charge in [-0.2, -0.15) is 0 Å². The van der Waals surface area contributed by atoms with Gasteiger partial charge in [0.25, 0.3) is 0 Å². The zero-order chi connectivity index (χ0) is 26.6. The molecule has 0 aromatic carbocycles. The third-order valence-corrected chi connectivity index (χ3v) is 9.74. The second-order valence-corrected chi connectivity index (χ2v) is 13.2. The van der Waals surface area contributed by atoms with E-state index < -0.39 is 17.2 Å². The minimum Gasteiger partial charge on any atom is -0.311 e. The molecule has 2 heterocycles. The van der Waals surface area contributed by atoms with Crippen LogP contribution >= 0.6 is 17.2 Å². The van der Waals surface area contributed by atoms with E-state index in [0.29, 0.717) is 38.6 Å². The molecule has 2 aliphatic carbocycles. The Kier molecular flexibility index (Phi) is 19.5. The van der Waals surface area contributed by atoms with Crippen molar-refractivity contribution < 1.29 is 27.1 Å². The monoisotopic (exact) mass is 564 g/mol. The summed E-state index contributed by atoms with van der Waals surface area (Å²) in [4.78, 5) is 0. The molecule has 0 amide bonds. The average molecular weight is 565 g/mol. The van der Waals surface area contributed by atoms with Crippen molar-refractivity contribution in [2.24, 2.45) is 5.41 Å². The van der Waals surface area contributed by atoms with Gasteiger partial charge in [0.2, 0.25) is 0 Å². The summed E-state index contributed by atoms with van der Waals surface area (Å²) in [6.07, 6.45) is 24.3. The van der Waals surface area contributed by atoms with Gasteiger partial charge in [0.05, 0.1) is 44.1 Å². The van der Waals surface area contributed by atoms with Crippen molar-refractivity contribution >= 4 is 17.2 Å². The lowest BCUT2D eigenvalue weighted by molar-refractivity contribution is -0.0836. The van der Waals surface area contributed by atoms with Crippen LogP contribution in [0, 0.1) is 5.41 Å². The molecule has 0 atom stereocenters. The first-order chi connectivity index (χ1) is 18.2. The Hall–Kier alpha value is 0.620. The van der Waals surface area contributed by atoms with E-state index >= 15 is 0 Å². The highest BCUT2D eigenvalue weighted by atomic mass is 31.2. The summed E-state index contributed by atoms with van der Waals surface area (Å²) in [6.45, 7) is 10.9. The van der Waals surface area contributed by atoms with Crippen LogP contribution in [0.3, 0.4) is 0 Å². The number of unbranched alkanes of at least 4 members (excludes halogenated alkanes) is 7. The summed E-state index contributed by atoms with van der Waals surface area (Å²) < 4.78 is 35.6. The lowest BCUT2D eigenvalue weighted by atomic mass is 9.93. The van der Waals surface area contributed by atoms with Gasteiger partial charge < -0.3 is 27.1 Å². The van der Waals surface area contributed by atoms with Crippen LogP contribution in [0.1, 0.15) is 143 Å². The first-order valence-electron chi connectivity index (χ1n) is 15.7. The summed E-state index contributed by atoms with van der Waals surface area (Å²) in [7, 11) is -2.41. The van der Waals surface area contributed by atoms with Gasteiger partial charge in [-0.1, -0.05) is 118 Å². The fourth-order valence-corrected chi connectivity index (χ4v) is 7.81. The predicted octanol–water partition coefficient (Wildman–Crippen LogP) is 10.4. The zero-order valence-corrected chi connectivity index (χ0v) is 26.3. The van der Waals surface area contributed by atoms with Crippen molar-refractivity contribution in [3.8, 4) is 0 Å². The molecule has 2 saturated carbocycles. The molecule has 4 rings (SSSR count). The van der Waals surface area contributed by atoms with Gasteiger partial charge in [0.15, 0.2) is 0 Å². The lowest BCUT2D eigenvalue weighted by Crippen LogP contribution is -2.45. The quantitative estimate of drug-likeness (QED) is 0.184. The van der Waals surface area contributed by atoms with Crippen LogP contribution in [-0.4, -0.2) is 38.6 Å². The topological polar surface area (TPSA) is 55.4 Å². The van der Waals surface area contributed by atoms with E-state index in [1.807, 2.05) is 13.8 Å². The maximum atomic E-state index is 6.01. The minimum atomic E-state index is -1.21. The Bertz CT molecular complexity index is 463. The van der Waals surface area contributed by atoms with Crippen LogP contribution in [0.5, 0.6) is 0 Å². The molecule has 2 saturated heterocycles. The number of hydrogen-bond acceptors (Lipinski definition) is 6. The molecule has 0 radical (unpaired) electrons. The molecule has 37 heavy (non-hydrogen) atoms. The predicted molar refractivity (Wildman–Crippen MR) is 156 cm³/mol. The highest BCUT2D eigenvalue weighted by Crippen LogP contribution is 2.54. The van der Waals surface area contributed by atoms with Crippen LogP contribution in [0.15, 0.2) is 0 Å². The van der Waals surface area contributed by atoms with Crippen molar-refractivity contribution in [3.05, 3.63) is 0 Å². The van der Waals surface area contributed by atoms with Gasteiger partial charge in [-0.3, -0.25) is 0 Å². The summed E-state index contributed by atoms with van der Waals surface area (Å²) in [5, 5.41) is 0. The molecule has 0 N–H and O–H groups in total. The molecule has 220 valence electrons. The van der Waals surface area contributed by atoms with Crippen molar-refractivity contribution in [3.63, 3.8) is 0 Å². The molecule has 0 aromatic heterocycles. The molecular formula is C29H58O6P2. The van der Waals surface area contributed by atoms with E-state index in [-0.39, 0.29) is 5.41 Å². The van der Waals surface area contributed by atoms with E-state index in [2.05, 4.69) is 13.8 Å². The molecule has 6 nitrogen and oxygen atoms in total. The summed E-state index contributed by atoms with van der Waals surface area (Å²) in [5.41, 5.74) is -0.205. The number of rotatable bonds is 11. The normalized spacial score (nSPS) is 29.2. The third kappa shape index (κ3) is 14.2. The molecule has 4 aliphatic rings. The fraction of sp³-hybridized carbons (Fsp3) is 1.00. The Labute approximate surface area is 231 Å². The van der Waals surface area contributed by atoms with Crippen LogP contribution in [-0.2, 0) is 27.1 Å². The van der Waals surface area contributed by atoms with Crippen LogP contribution in [0.2, 0.25) is 0 Å². The summed E-state index contributed by atoms with van der Waals surface area (Å²) in [6, 6.07) is 0. The highest BCUT2D eigenvalue weighted by molar-refractivity contribution is 7.42. The van der Waals surface area contributed by atoms with E-state index in [1.165, 1.54) is 89.9 Å². The highest BCUT2D eigenvalue weighted by Gasteiger charge is 2.44. The van der Waals surface area contributed by atoms with Gasteiger partial charge in [-0.05, 0) is 25.7 Å². The summed E-state index contributed by atoms with van der Waals surface area (Å²) in [5.74, 6) is 0. The van der Waals surface area contributed by atoms with Crippen molar-refractivity contribution in [2.45, 2.75) is 155 Å². The lowest BCUT2D eigenvalue weighted by Gasteiger charge is -2.42. The Balaban J connectivity index is 0.000000341. The Morgan fingerprint density at radius 1 is 0.541 bits per heavy atom.